The van der Waals surface area contributed by atoms with Crippen LogP contribution in [0.4, 0.5) is 0 Å². The minimum Gasteiger partial charge on any atom is -0.487 e. The van der Waals surface area contributed by atoms with Gasteiger partial charge in [0.2, 0.25) is 0 Å². The predicted molar refractivity (Wildman–Crippen MR) is 78.7 cm³/mol. The van der Waals surface area contributed by atoms with Gasteiger partial charge in [0.25, 0.3) is 0 Å². The van der Waals surface area contributed by atoms with Crippen molar-refractivity contribution >= 4 is 14.5 Å². The van der Waals surface area contributed by atoms with Crippen LogP contribution in [0.15, 0.2) is 0 Å². The molecule has 2 nitrogen and oxygen atoms in total. The first-order chi connectivity index (χ1) is 8.19. The van der Waals surface area contributed by atoms with Crippen molar-refractivity contribution in [3.05, 3.63) is 0 Å². The van der Waals surface area contributed by atoms with Crippen molar-refractivity contribution in [1.82, 2.24) is 4.90 Å². The smallest absolute Gasteiger partial charge is 0.461 e. The Morgan fingerprint density at radius 1 is 0.882 bits per heavy atom. The van der Waals surface area contributed by atoms with E-state index in [4.69, 9.17) is 3.79 Å². The summed E-state index contributed by atoms with van der Waals surface area (Å²) in [5.41, 5.74) is 0. The Bertz CT molecular complexity index is 154. The molecule has 3 heteroatoms. The van der Waals surface area contributed by atoms with Gasteiger partial charge in [-0.15, -0.1) is 0 Å². The van der Waals surface area contributed by atoms with Crippen LogP contribution in [0, 0.1) is 0 Å². The average Bonchev–Trinajstić information content (AvgIpc) is 2.29. The molecule has 0 N–H and O–H groups in total. The van der Waals surface area contributed by atoms with E-state index in [1.807, 2.05) is 0 Å². The monoisotopic (exact) mass is 257 g/mol. The van der Waals surface area contributed by atoms with Crippen LogP contribution in [0.1, 0.15) is 60.3 Å². The standard InChI is InChI=1S/C8H18NO.2C3H7.Al/c1-4-6-9(7-5-2)8(3)10;2*1-3-2;/h8H,4-7H2,1-3H3;2*1,3H2,2H3;/q-1;;;+1. The third-order valence-corrected chi connectivity index (χ3v) is 6.37. The fraction of sp³-hybridized carbons (Fsp3) is 1.00. The van der Waals surface area contributed by atoms with E-state index < -0.39 is 14.5 Å². The van der Waals surface area contributed by atoms with Crippen LogP contribution in [-0.4, -0.2) is 38.7 Å². The normalized spacial score (nSPS) is 13.1. The summed E-state index contributed by atoms with van der Waals surface area (Å²) in [6.07, 6.45) is 5.35. The minimum atomic E-state index is -0.939. The predicted octanol–water partition coefficient (Wildman–Crippen LogP) is 4.28. The lowest BCUT2D eigenvalue weighted by atomic mass is 10.3. The largest absolute Gasteiger partial charge is 0.487 e. The van der Waals surface area contributed by atoms with Gasteiger partial charge in [-0.25, -0.2) is 0 Å². The molecule has 17 heavy (non-hydrogen) atoms. The number of rotatable bonds is 11. The number of hydrogen-bond donors (Lipinski definition) is 0. The summed E-state index contributed by atoms with van der Waals surface area (Å²) in [5, 5.41) is 2.68. The van der Waals surface area contributed by atoms with Crippen LogP contribution in [0.3, 0.4) is 0 Å². The van der Waals surface area contributed by atoms with Crippen molar-refractivity contribution in [1.29, 1.82) is 0 Å². The molecular weight excluding hydrogens is 225 g/mol. The van der Waals surface area contributed by atoms with E-state index in [2.05, 4.69) is 39.5 Å². The average molecular weight is 257 g/mol. The van der Waals surface area contributed by atoms with E-state index in [-0.39, 0.29) is 0 Å². The summed E-state index contributed by atoms with van der Waals surface area (Å²) in [6.45, 7) is 13.7. The maximum Gasteiger partial charge on any atom is 0.461 e. The molecule has 0 heterocycles. The Morgan fingerprint density at radius 2 is 1.35 bits per heavy atom. The van der Waals surface area contributed by atoms with Gasteiger partial charge in [0.1, 0.15) is 0 Å². The Balaban J connectivity index is 4.16. The fourth-order valence-electron chi connectivity index (χ4n) is 2.34. The summed E-state index contributed by atoms with van der Waals surface area (Å²) in [6, 6.07) is 0. The maximum absolute atomic E-state index is 6.36. The molecule has 1 atom stereocenters. The fourth-order valence-corrected chi connectivity index (χ4v) is 4.92. The van der Waals surface area contributed by atoms with Crippen molar-refractivity contribution in [3.63, 3.8) is 0 Å². The highest BCUT2D eigenvalue weighted by atomic mass is 27.2. The summed E-state index contributed by atoms with van der Waals surface area (Å²) in [7, 11) is 0. The molecule has 0 bridgehead atoms. The lowest BCUT2D eigenvalue weighted by Gasteiger charge is -2.31. The van der Waals surface area contributed by atoms with E-state index in [0.717, 1.165) is 0 Å². The Morgan fingerprint density at radius 3 is 1.71 bits per heavy atom. The third kappa shape index (κ3) is 8.22. The van der Waals surface area contributed by atoms with Crippen molar-refractivity contribution in [2.45, 2.75) is 77.1 Å². The molecule has 0 rings (SSSR count). The molecule has 0 aromatic rings. The van der Waals surface area contributed by atoms with Crippen LogP contribution < -0.4 is 0 Å². The molecule has 0 amide bonds. The molecule has 0 aromatic carbocycles. The zero-order valence-electron chi connectivity index (χ0n) is 12.7. The second-order valence-corrected chi connectivity index (χ2v) is 7.64. The molecular formula is C14H32AlNO. The first-order valence-electron chi connectivity index (χ1n) is 7.58. The summed E-state index contributed by atoms with van der Waals surface area (Å²) < 4.78 is 6.36. The highest BCUT2D eigenvalue weighted by molar-refractivity contribution is 6.51. The van der Waals surface area contributed by atoms with E-state index in [9.17, 15) is 0 Å². The topological polar surface area (TPSA) is 12.5 Å². The van der Waals surface area contributed by atoms with Gasteiger partial charge in [0.15, 0.2) is 0 Å². The Labute approximate surface area is 113 Å². The molecule has 0 aliphatic carbocycles. The SMILES string of the molecule is CCCN(CCC)C(C)[O][Al]([CH2]CC)[CH2]CC. The first-order valence-corrected chi connectivity index (χ1v) is 9.69. The zero-order valence-corrected chi connectivity index (χ0v) is 13.8. The molecule has 0 saturated heterocycles. The molecule has 0 aromatic heterocycles. The second-order valence-electron chi connectivity index (χ2n) is 4.97. The lowest BCUT2D eigenvalue weighted by Crippen LogP contribution is -2.40. The van der Waals surface area contributed by atoms with Crippen LogP contribution in [0.2, 0.25) is 10.6 Å². The van der Waals surface area contributed by atoms with Gasteiger partial charge < -0.3 is 3.79 Å². The molecule has 0 saturated carbocycles. The van der Waals surface area contributed by atoms with Crippen molar-refractivity contribution in [3.8, 4) is 0 Å². The molecule has 0 aliphatic heterocycles. The highest BCUT2D eigenvalue weighted by Gasteiger charge is 2.23. The van der Waals surface area contributed by atoms with Crippen LogP contribution >= 0.6 is 0 Å². The molecule has 0 spiro atoms. The van der Waals surface area contributed by atoms with Gasteiger partial charge in [-0.2, -0.15) is 0 Å². The summed E-state index contributed by atoms with van der Waals surface area (Å²) >= 11 is -0.939. The van der Waals surface area contributed by atoms with Crippen molar-refractivity contribution in [2.75, 3.05) is 13.1 Å². The Kier molecular flexibility index (Phi) is 11.8. The molecule has 0 aliphatic rings. The molecule has 1 unspecified atom stereocenters. The summed E-state index contributed by atoms with van der Waals surface area (Å²) in [5.74, 6) is 0. The van der Waals surface area contributed by atoms with Gasteiger partial charge in [-0.1, -0.05) is 51.1 Å². The minimum absolute atomic E-state index is 0.338. The van der Waals surface area contributed by atoms with Gasteiger partial charge >= 0.3 is 14.5 Å². The van der Waals surface area contributed by atoms with E-state index in [0.29, 0.717) is 6.23 Å². The summed E-state index contributed by atoms with van der Waals surface area (Å²) in [4.78, 5) is 2.51. The lowest BCUT2D eigenvalue weighted by molar-refractivity contribution is 0.0366. The van der Waals surface area contributed by atoms with Gasteiger partial charge in [0, 0.05) is 13.1 Å². The molecule has 0 radical (unpaired) electrons. The zero-order chi connectivity index (χ0) is 13.1. The van der Waals surface area contributed by atoms with Crippen molar-refractivity contribution < 1.29 is 3.79 Å². The van der Waals surface area contributed by atoms with Crippen molar-refractivity contribution in [2.24, 2.45) is 0 Å². The van der Waals surface area contributed by atoms with Crippen LogP contribution in [0.5, 0.6) is 0 Å². The first kappa shape index (κ1) is 17.5. The molecule has 0 fully saturated rings. The Hall–Kier alpha value is 0.452. The molecule has 102 valence electrons. The van der Waals surface area contributed by atoms with E-state index in [1.54, 1.807) is 0 Å². The highest BCUT2D eigenvalue weighted by Crippen LogP contribution is 2.13. The van der Waals surface area contributed by atoms with Crippen LogP contribution in [-0.2, 0) is 3.79 Å². The van der Waals surface area contributed by atoms with E-state index in [1.165, 1.54) is 49.3 Å². The number of nitrogens with zero attached hydrogens (tertiary/aromatic N) is 1. The van der Waals surface area contributed by atoms with E-state index >= 15 is 0 Å². The van der Waals surface area contributed by atoms with Gasteiger partial charge in [0.05, 0.1) is 6.23 Å². The second kappa shape index (κ2) is 11.5. The quantitative estimate of drug-likeness (QED) is 0.404. The third-order valence-electron chi connectivity index (χ3n) is 3.15. The maximum atomic E-state index is 6.36. The van der Waals surface area contributed by atoms with Gasteiger partial charge in [-0.3, -0.25) is 4.90 Å². The number of hydrogen-bond acceptors (Lipinski definition) is 2. The van der Waals surface area contributed by atoms with Gasteiger partial charge in [-0.05, 0) is 19.8 Å². The van der Waals surface area contributed by atoms with Crippen LogP contribution in [0.25, 0.3) is 0 Å².